The molecule has 0 aromatic heterocycles. The molecule has 0 amide bonds. The van der Waals surface area contributed by atoms with Gasteiger partial charge in [-0.2, -0.15) is 0 Å². The van der Waals surface area contributed by atoms with Gasteiger partial charge in [-0.05, 0) is 36.1 Å². The molecule has 2 aromatic carbocycles. The van der Waals surface area contributed by atoms with Crippen LogP contribution in [0.15, 0.2) is 36.4 Å². The van der Waals surface area contributed by atoms with Crippen molar-refractivity contribution in [3.63, 3.8) is 0 Å². The number of benzene rings is 2. The minimum Gasteiger partial charge on any atom is -0.492 e. The fraction of sp³-hybridized carbons (Fsp3) is 0.429. The fourth-order valence-corrected chi connectivity index (χ4v) is 3.30. The molecule has 140 valence electrons. The number of nitrogens with zero attached hydrogens (tertiary/aromatic N) is 1. The Morgan fingerprint density at radius 1 is 1.19 bits per heavy atom. The molecule has 0 aliphatic carbocycles. The first-order valence-electron chi connectivity index (χ1n) is 9.03. The Hall–Kier alpha value is -1.98. The van der Waals surface area contributed by atoms with Gasteiger partial charge in [-0.15, -0.1) is 0 Å². The first kappa shape index (κ1) is 18.8. The number of hydrogen-bond acceptors (Lipinski definition) is 3. The zero-order valence-electron chi connectivity index (χ0n) is 15.2. The van der Waals surface area contributed by atoms with E-state index in [2.05, 4.69) is 13.8 Å². The van der Waals surface area contributed by atoms with E-state index in [4.69, 9.17) is 4.74 Å². The molecule has 1 aliphatic rings. The summed E-state index contributed by atoms with van der Waals surface area (Å²) in [6.45, 7) is 6.13. The molecule has 0 fully saturated rings. The largest absolute Gasteiger partial charge is 0.492 e. The van der Waals surface area contributed by atoms with E-state index < -0.39 is 17.7 Å². The van der Waals surface area contributed by atoms with E-state index in [1.54, 1.807) is 6.07 Å². The average molecular weight is 361 g/mol. The molecule has 1 atom stereocenters. The summed E-state index contributed by atoms with van der Waals surface area (Å²) in [5.74, 6) is -0.438. The van der Waals surface area contributed by atoms with Crippen LogP contribution in [0.25, 0.3) is 0 Å². The van der Waals surface area contributed by atoms with Gasteiger partial charge in [0.2, 0.25) is 0 Å². The summed E-state index contributed by atoms with van der Waals surface area (Å²) in [7, 11) is 0. The summed E-state index contributed by atoms with van der Waals surface area (Å²) in [6.07, 6.45) is 0.176. The van der Waals surface area contributed by atoms with Crippen LogP contribution in [0.3, 0.4) is 0 Å². The maximum atomic E-state index is 14.0. The lowest BCUT2D eigenvalue weighted by Gasteiger charge is -2.20. The van der Waals surface area contributed by atoms with Crippen LogP contribution in [0.2, 0.25) is 0 Å². The predicted octanol–water partition coefficient (Wildman–Crippen LogP) is 4.44. The highest BCUT2D eigenvalue weighted by molar-refractivity contribution is 5.38. The van der Waals surface area contributed by atoms with Crippen molar-refractivity contribution in [1.82, 2.24) is 4.90 Å². The quantitative estimate of drug-likeness (QED) is 0.855. The van der Waals surface area contributed by atoms with Gasteiger partial charge in [-0.25, -0.2) is 8.78 Å². The summed E-state index contributed by atoms with van der Waals surface area (Å²) < 4.78 is 33.2. The smallest absolute Gasteiger partial charge is 0.163 e. The van der Waals surface area contributed by atoms with E-state index in [0.717, 1.165) is 22.9 Å². The maximum Gasteiger partial charge on any atom is 0.163 e. The summed E-state index contributed by atoms with van der Waals surface area (Å²) in [5, 5.41) is 10.4. The molecule has 1 N–H and O–H groups in total. The highest BCUT2D eigenvalue weighted by atomic mass is 19.2. The monoisotopic (exact) mass is 361 g/mol. The molecule has 1 heterocycles. The topological polar surface area (TPSA) is 32.7 Å². The van der Waals surface area contributed by atoms with Gasteiger partial charge < -0.3 is 9.84 Å². The van der Waals surface area contributed by atoms with E-state index >= 15 is 0 Å². The number of rotatable bonds is 5. The fourth-order valence-electron chi connectivity index (χ4n) is 3.30. The maximum absolute atomic E-state index is 14.0. The number of aliphatic hydroxyl groups excluding tert-OH is 1. The summed E-state index contributed by atoms with van der Waals surface area (Å²) >= 11 is 0. The minimum atomic E-state index is -0.826. The van der Waals surface area contributed by atoms with Crippen LogP contribution in [0.5, 0.6) is 5.75 Å². The lowest BCUT2D eigenvalue weighted by molar-refractivity contribution is 0.151. The third kappa shape index (κ3) is 4.40. The third-order valence-corrected chi connectivity index (χ3v) is 4.65. The van der Waals surface area contributed by atoms with Crippen LogP contribution in [-0.4, -0.2) is 23.2 Å². The Balaban J connectivity index is 1.79. The first-order valence-corrected chi connectivity index (χ1v) is 9.03. The predicted molar refractivity (Wildman–Crippen MR) is 96.8 cm³/mol. The van der Waals surface area contributed by atoms with Crippen molar-refractivity contribution in [1.29, 1.82) is 0 Å². The Morgan fingerprint density at radius 3 is 2.77 bits per heavy atom. The lowest BCUT2D eigenvalue weighted by Crippen LogP contribution is -2.26. The SMILES string of the molecule is CC(C)C[C@H](O)c1ccc2c(c1)CN(Cc1cccc(F)c1F)CCO2. The van der Waals surface area contributed by atoms with E-state index in [1.165, 1.54) is 6.07 Å². The molecule has 26 heavy (non-hydrogen) atoms. The molecule has 2 aromatic rings. The standard InChI is InChI=1S/C21H25F2NO2/c1-14(2)10-19(25)15-6-7-20-17(11-15)13-24(8-9-26-20)12-16-4-3-5-18(22)21(16)23/h3-7,11,14,19,25H,8-10,12-13H2,1-2H3/t19-/m0/s1. The Morgan fingerprint density at radius 2 is 2.00 bits per heavy atom. The molecular weight excluding hydrogens is 336 g/mol. The van der Waals surface area contributed by atoms with Crippen LogP contribution in [0.4, 0.5) is 8.78 Å². The van der Waals surface area contributed by atoms with Gasteiger partial charge in [0.25, 0.3) is 0 Å². The van der Waals surface area contributed by atoms with E-state index in [0.29, 0.717) is 44.1 Å². The van der Waals surface area contributed by atoms with Crippen molar-refractivity contribution in [3.05, 3.63) is 64.7 Å². The van der Waals surface area contributed by atoms with Gasteiger partial charge in [0.05, 0.1) is 6.10 Å². The van der Waals surface area contributed by atoms with Gasteiger partial charge in [-0.1, -0.05) is 32.0 Å². The van der Waals surface area contributed by atoms with Crippen LogP contribution in [-0.2, 0) is 13.1 Å². The summed E-state index contributed by atoms with van der Waals surface area (Å²) in [4.78, 5) is 2.03. The van der Waals surface area contributed by atoms with Crippen molar-refractivity contribution in [3.8, 4) is 5.75 Å². The van der Waals surface area contributed by atoms with E-state index in [-0.39, 0.29) is 0 Å². The summed E-state index contributed by atoms with van der Waals surface area (Å²) in [6, 6.07) is 10.0. The highest BCUT2D eigenvalue weighted by Crippen LogP contribution is 2.29. The molecule has 0 bridgehead atoms. The molecule has 0 saturated carbocycles. The number of hydrogen-bond donors (Lipinski definition) is 1. The van der Waals surface area contributed by atoms with Gasteiger partial charge in [0.1, 0.15) is 12.4 Å². The second kappa shape index (κ2) is 8.14. The normalized spacial score (nSPS) is 16.1. The molecule has 3 nitrogen and oxygen atoms in total. The van der Waals surface area contributed by atoms with Gasteiger partial charge in [0, 0.05) is 30.8 Å². The van der Waals surface area contributed by atoms with Gasteiger partial charge >= 0.3 is 0 Å². The third-order valence-electron chi connectivity index (χ3n) is 4.65. The lowest BCUT2D eigenvalue weighted by atomic mass is 9.97. The molecule has 5 heteroatoms. The second-order valence-corrected chi connectivity index (χ2v) is 7.28. The molecule has 0 saturated heterocycles. The molecule has 0 spiro atoms. The van der Waals surface area contributed by atoms with Crippen LogP contribution >= 0.6 is 0 Å². The van der Waals surface area contributed by atoms with Crippen LogP contribution in [0.1, 0.15) is 43.1 Å². The van der Waals surface area contributed by atoms with Crippen molar-refractivity contribution >= 4 is 0 Å². The van der Waals surface area contributed by atoms with Crippen molar-refractivity contribution < 1.29 is 18.6 Å². The van der Waals surface area contributed by atoms with Crippen LogP contribution in [0, 0.1) is 17.6 Å². The number of aliphatic hydroxyl groups is 1. The first-order chi connectivity index (χ1) is 12.4. The Labute approximate surface area is 153 Å². The van der Waals surface area contributed by atoms with Gasteiger partial charge in [0.15, 0.2) is 11.6 Å². The number of halogens is 2. The van der Waals surface area contributed by atoms with E-state index in [9.17, 15) is 13.9 Å². The molecule has 0 unspecified atom stereocenters. The highest BCUT2D eigenvalue weighted by Gasteiger charge is 2.20. The van der Waals surface area contributed by atoms with Crippen molar-refractivity contribution in [2.75, 3.05) is 13.2 Å². The van der Waals surface area contributed by atoms with E-state index in [1.807, 2.05) is 23.1 Å². The molecular formula is C21H25F2NO2. The average Bonchev–Trinajstić information content (AvgIpc) is 2.79. The van der Waals surface area contributed by atoms with Gasteiger partial charge in [-0.3, -0.25) is 4.90 Å². The molecule has 1 aliphatic heterocycles. The summed E-state index contributed by atoms with van der Waals surface area (Å²) in [5.41, 5.74) is 2.16. The second-order valence-electron chi connectivity index (χ2n) is 7.28. The number of fused-ring (bicyclic) bond motifs is 1. The Kier molecular flexibility index (Phi) is 5.89. The van der Waals surface area contributed by atoms with Crippen LogP contribution < -0.4 is 4.74 Å². The minimum absolute atomic E-state index is 0.311. The van der Waals surface area contributed by atoms with Crippen molar-refractivity contribution in [2.24, 2.45) is 5.92 Å². The van der Waals surface area contributed by atoms with Crippen molar-refractivity contribution in [2.45, 2.75) is 39.5 Å². The zero-order valence-corrected chi connectivity index (χ0v) is 15.2. The molecule has 3 rings (SSSR count). The zero-order chi connectivity index (χ0) is 18.7. The molecule has 0 radical (unpaired) electrons. The Bertz CT molecular complexity index is 764. The number of ether oxygens (including phenoxy) is 1.